The van der Waals surface area contributed by atoms with Crippen LogP contribution in [0.1, 0.15) is 50.2 Å². The molecule has 0 saturated heterocycles. The summed E-state index contributed by atoms with van der Waals surface area (Å²) in [6.07, 6.45) is 7.41. The number of methoxy groups -OCH3 is 1. The smallest absolute Gasteiger partial charge is 0.308 e. The predicted octanol–water partition coefficient (Wildman–Crippen LogP) is 4.61. The quantitative estimate of drug-likeness (QED) is 0.337. The molecule has 1 fully saturated rings. The summed E-state index contributed by atoms with van der Waals surface area (Å²) in [4.78, 5) is 24.3. The normalized spacial score (nSPS) is 14.9. The van der Waals surface area contributed by atoms with E-state index in [4.69, 9.17) is 9.47 Å². The molecule has 3 rings (SSSR count). The molecule has 0 atom stereocenters. The summed E-state index contributed by atoms with van der Waals surface area (Å²) in [5, 5.41) is 3.20. The fourth-order valence-electron chi connectivity index (χ4n) is 3.60. The van der Waals surface area contributed by atoms with E-state index < -0.39 is 5.97 Å². The van der Waals surface area contributed by atoms with E-state index in [0.717, 1.165) is 36.8 Å². The zero-order valence-corrected chi connectivity index (χ0v) is 16.9. The van der Waals surface area contributed by atoms with Crippen molar-refractivity contribution in [2.75, 3.05) is 7.11 Å². The maximum absolute atomic E-state index is 13.1. The molecular weight excluding hydrogens is 366 g/mol. The van der Waals surface area contributed by atoms with Crippen molar-refractivity contribution >= 4 is 23.5 Å². The Balaban J connectivity index is 1.94. The van der Waals surface area contributed by atoms with Crippen LogP contribution in [0.3, 0.4) is 0 Å². The van der Waals surface area contributed by atoms with Crippen LogP contribution in [-0.2, 0) is 9.59 Å². The molecule has 0 bridgehead atoms. The summed E-state index contributed by atoms with van der Waals surface area (Å²) in [7, 11) is 1.55. The van der Waals surface area contributed by atoms with E-state index in [9.17, 15) is 9.59 Å². The summed E-state index contributed by atoms with van der Waals surface area (Å²) < 4.78 is 10.6. The van der Waals surface area contributed by atoms with Crippen molar-refractivity contribution in [1.82, 2.24) is 5.32 Å². The number of amides is 1. The molecule has 1 amide bonds. The Morgan fingerprint density at radius 1 is 1.03 bits per heavy atom. The number of rotatable bonds is 6. The van der Waals surface area contributed by atoms with Crippen molar-refractivity contribution in [1.29, 1.82) is 0 Å². The standard InChI is InChI=1S/C24H27NO4/c1-17(26)29-21-14-13-19(23(16-21)28-2)15-22(18-9-5-3-6-10-18)24(27)25-20-11-7-4-8-12-20/h3,5-6,9-10,13-16,20H,4,7-8,11-12H2,1-2H3,(H,25,27)/b22-15-. The minimum Gasteiger partial charge on any atom is -0.496 e. The number of carbonyl (C=O) groups excluding carboxylic acids is 2. The van der Waals surface area contributed by atoms with Gasteiger partial charge in [0, 0.05) is 30.2 Å². The Hall–Kier alpha value is -3.08. The number of hydrogen-bond acceptors (Lipinski definition) is 4. The maximum Gasteiger partial charge on any atom is 0.308 e. The molecule has 1 aliphatic rings. The second-order valence-corrected chi connectivity index (χ2v) is 7.23. The van der Waals surface area contributed by atoms with E-state index in [0.29, 0.717) is 17.1 Å². The summed E-state index contributed by atoms with van der Waals surface area (Å²) in [6, 6.07) is 14.9. The van der Waals surface area contributed by atoms with Crippen LogP contribution in [0.5, 0.6) is 11.5 Å². The van der Waals surface area contributed by atoms with E-state index in [2.05, 4.69) is 5.32 Å². The van der Waals surface area contributed by atoms with Gasteiger partial charge in [-0.15, -0.1) is 0 Å². The lowest BCUT2D eigenvalue weighted by atomic mass is 9.94. The minimum atomic E-state index is -0.396. The molecule has 5 heteroatoms. The Bertz CT molecular complexity index is 883. The van der Waals surface area contributed by atoms with E-state index in [1.54, 1.807) is 25.3 Å². The fraction of sp³-hybridized carbons (Fsp3) is 0.333. The first-order chi connectivity index (χ1) is 14.1. The van der Waals surface area contributed by atoms with Crippen molar-refractivity contribution < 1.29 is 19.1 Å². The molecule has 1 N–H and O–H groups in total. The molecular formula is C24H27NO4. The van der Waals surface area contributed by atoms with Gasteiger partial charge in [0.15, 0.2) is 0 Å². The molecule has 0 radical (unpaired) electrons. The number of esters is 1. The van der Waals surface area contributed by atoms with Crippen LogP contribution in [-0.4, -0.2) is 25.0 Å². The molecule has 2 aromatic carbocycles. The number of benzene rings is 2. The van der Waals surface area contributed by atoms with E-state index in [1.165, 1.54) is 13.3 Å². The number of carbonyl (C=O) groups is 2. The third kappa shape index (κ3) is 5.70. The summed E-state index contributed by atoms with van der Waals surface area (Å²) >= 11 is 0. The third-order valence-corrected chi connectivity index (χ3v) is 5.04. The first-order valence-electron chi connectivity index (χ1n) is 10.0. The zero-order valence-electron chi connectivity index (χ0n) is 16.9. The van der Waals surface area contributed by atoms with Gasteiger partial charge < -0.3 is 14.8 Å². The summed E-state index contributed by atoms with van der Waals surface area (Å²) in [5.74, 6) is 0.448. The highest BCUT2D eigenvalue weighted by Gasteiger charge is 2.19. The molecule has 1 saturated carbocycles. The Labute approximate surface area is 171 Å². The van der Waals surface area contributed by atoms with Crippen molar-refractivity contribution in [2.45, 2.75) is 45.1 Å². The van der Waals surface area contributed by atoms with Gasteiger partial charge in [0.2, 0.25) is 0 Å². The Morgan fingerprint density at radius 2 is 1.76 bits per heavy atom. The molecule has 0 aliphatic heterocycles. The van der Waals surface area contributed by atoms with Gasteiger partial charge in [0.05, 0.1) is 7.11 Å². The van der Waals surface area contributed by atoms with Crippen LogP contribution in [0, 0.1) is 0 Å². The van der Waals surface area contributed by atoms with Gasteiger partial charge in [-0.25, -0.2) is 0 Å². The lowest BCUT2D eigenvalue weighted by Crippen LogP contribution is -2.36. The lowest BCUT2D eigenvalue weighted by Gasteiger charge is -2.23. The van der Waals surface area contributed by atoms with Gasteiger partial charge in [-0.05, 0) is 36.6 Å². The highest BCUT2D eigenvalue weighted by molar-refractivity contribution is 6.24. The monoisotopic (exact) mass is 393 g/mol. The highest BCUT2D eigenvalue weighted by Crippen LogP contribution is 2.29. The topological polar surface area (TPSA) is 64.6 Å². The molecule has 0 unspecified atom stereocenters. The van der Waals surface area contributed by atoms with Crippen LogP contribution in [0.4, 0.5) is 0 Å². The first kappa shape index (κ1) is 20.6. The van der Waals surface area contributed by atoms with E-state index >= 15 is 0 Å². The molecule has 5 nitrogen and oxygen atoms in total. The molecule has 0 aromatic heterocycles. The fourth-order valence-corrected chi connectivity index (χ4v) is 3.60. The van der Waals surface area contributed by atoms with Crippen molar-refractivity contribution in [3.63, 3.8) is 0 Å². The average Bonchev–Trinajstić information content (AvgIpc) is 2.73. The van der Waals surface area contributed by atoms with Crippen LogP contribution in [0.2, 0.25) is 0 Å². The minimum absolute atomic E-state index is 0.0887. The van der Waals surface area contributed by atoms with E-state index in [1.807, 2.05) is 36.4 Å². The van der Waals surface area contributed by atoms with Crippen molar-refractivity contribution in [3.8, 4) is 11.5 Å². The molecule has 152 valence electrons. The van der Waals surface area contributed by atoms with Gasteiger partial charge in [-0.2, -0.15) is 0 Å². The van der Waals surface area contributed by atoms with Crippen LogP contribution < -0.4 is 14.8 Å². The third-order valence-electron chi connectivity index (χ3n) is 5.04. The first-order valence-corrected chi connectivity index (χ1v) is 10.0. The molecule has 0 heterocycles. The van der Waals surface area contributed by atoms with Crippen molar-refractivity contribution in [3.05, 3.63) is 59.7 Å². The van der Waals surface area contributed by atoms with Crippen molar-refractivity contribution in [2.24, 2.45) is 0 Å². The van der Waals surface area contributed by atoms with Gasteiger partial charge in [0.25, 0.3) is 5.91 Å². The van der Waals surface area contributed by atoms with Gasteiger partial charge in [0.1, 0.15) is 11.5 Å². The second-order valence-electron chi connectivity index (χ2n) is 7.23. The number of ether oxygens (including phenoxy) is 2. The van der Waals surface area contributed by atoms with Gasteiger partial charge >= 0.3 is 5.97 Å². The van der Waals surface area contributed by atoms with E-state index in [-0.39, 0.29) is 11.9 Å². The average molecular weight is 393 g/mol. The number of hydrogen-bond donors (Lipinski definition) is 1. The zero-order chi connectivity index (χ0) is 20.6. The Morgan fingerprint density at radius 3 is 2.41 bits per heavy atom. The van der Waals surface area contributed by atoms with Gasteiger partial charge in [-0.1, -0.05) is 49.6 Å². The number of nitrogens with one attached hydrogen (secondary N) is 1. The Kier molecular flexibility index (Phi) is 7.06. The lowest BCUT2D eigenvalue weighted by molar-refractivity contribution is -0.131. The SMILES string of the molecule is COc1cc(OC(C)=O)ccc1/C=C(\C(=O)NC1CCCCC1)c1ccccc1. The second kappa shape index (κ2) is 9.92. The van der Waals surface area contributed by atoms with Gasteiger partial charge in [-0.3, -0.25) is 9.59 Å². The largest absolute Gasteiger partial charge is 0.496 e. The molecule has 29 heavy (non-hydrogen) atoms. The van der Waals surface area contributed by atoms with Crippen LogP contribution in [0.25, 0.3) is 11.6 Å². The van der Waals surface area contributed by atoms with Crippen LogP contribution in [0.15, 0.2) is 48.5 Å². The molecule has 0 spiro atoms. The molecule has 2 aromatic rings. The highest BCUT2D eigenvalue weighted by atomic mass is 16.5. The van der Waals surface area contributed by atoms with Crippen LogP contribution >= 0.6 is 0 Å². The maximum atomic E-state index is 13.1. The summed E-state index contributed by atoms with van der Waals surface area (Å²) in [6.45, 7) is 1.35. The predicted molar refractivity (Wildman–Crippen MR) is 114 cm³/mol. The summed E-state index contributed by atoms with van der Waals surface area (Å²) in [5.41, 5.74) is 2.16. The molecule has 1 aliphatic carbocycles.